The van der Waals surface area contributed by atoms with Gasteiger partial charge in [-0.05, 0) is 42.3 Å². The van der Waals surface area contributed by atoms with E-state index >= 15 is 0 Å². The van der Waals surface area contributed by atoms with Crippen LogP contribution in [-0.2, 0) is 25.8 Å². The monoisotopic (exact) mass is 696 g/mol. The van der Waals surface area contributed by atoms with E-state index in [0.29, 0.717) is 29.9 Å². The third kappa shape index (κ3) is 5.51. The molecule has 0 fully saturated rings. The summed E-state index contributed by atoms with van der Waals surface area (Å²) in [6.07, 6.45) is 6.50. The van der Waals surface area contributed by atoms with Gasteiger partial charge in [0.05, 0.1) is 12.6 Å². The molecule has 0 spiro atoms. The zero-order valence-corrected chi connectivity index (χ0v) is 24.4. The molecule has 0 saturated carbocycles. The van der Waals surface area contributed by atoms with Gasteiger partial charge < -0.3 is 14.0 Å². The molecular weight excluding hydrogens is 665 g/mol. The van der Waals surface area contributed by atoms with Crippen LogP contribution in [0.3, 0.4) is 0 Å². The molecule has 0 radical (unpaired) electrons. The van der Waals surface area contributed by atoms with Gasteiger partial charge in [0.1, 0.15) is 11.7 Å². The maximum atomic E-state index is 6.27. The van der Waals surface area contributed by atoms with Gasteiger partial charge in [0.25, 0.3) is 0 Å². The predicted octanol–water partition coefficient (Wildman–Crippen LogP) is 7.93. The summed E-state index contributed by atoms with van der Waals surface area (Å²) in [7, 11) is 0. The minimum atomic E-state index is 0. The molecule has 3 heterocycles. The van der Waals surface area contributed by atoms with Crippen LogP contribution in [0.4, 0.5) is 0 Å². The molecule has 39 heavy (non-hydrogen) atoms. The molecule has 1 atom stereocenters. The third-order valence-corrected chi connectivity index (χ3v) is 7.19. The Hall–Kier alpha value is -3.43. The molecule has 0 aliphatic carbocycles. The first kappa shape index (κ1) is 27.1. The summed E-state index contributed by atoms with van der Waals surface area (Å²) in [5.74, 6) is 3.29. The Kier molecular flexibility index (Phi) is 8.47. The van der Waals surface area contributed by atoms with E-state index in [-0.39, 0.29) is 27.1 Å². The molecule has 0 unspecified atom stereocenters. The van der Waals surface area contributed by atoms with E-state index < -0.39 is 0 Å². The second-order valence-corrected chi connectivity index (χ2v) is 9.81. The van der Waals surface area contributed by atoms with Crippen LogP contribution in [0.1, 0.15) is 45.1 Å². The van der Waals surface area contributed by atoms with Crippen molar-refractivity contribution in [2.75, 3.05) is 6.61 Å². The number of para-hydroxylation sites is 1. The minimum Gasteiger partial charge on any atom is -0.518 e. The fraction of sp³-hybridized carbons (Fsp3) is 0.273. The second-order valence-electron chi connectivity index (χ2n) is 9.81. The van der Waals surface area contributed by atoms with Crippen molar-refractivity contribution in [2.24, 2.45) is 10.9 Å². The number of ether oxygens (including phenoxy) is 2. The van der Waals surface area contributed by atoms with Crippen molar-refractivity contribution in [3.8, 4) is 17.3 Å². The maximum absolute atomic E-state index is 6.27. The Morgan fingerprint density at radius 2 is 1.69 bits per heavy atom. The van der Waals surface area contributed by atoms with Gasteiger partial charge in [0.2, 0.25) is 0 Å². The fourth-order valence-corrected chi connectivity index (χ4v) is 5.46. The van der Waals surface area contributed by atoms with Crippen LogP contribution in [0.15, 0.2) is 84.0 Å². The zero-order chi connectivity index (χ0) is 25.9. The molecule has 6 rings (SSSR count). The van der Waals surface area contributed by atoms with Crippen molar-refractivity contribution >= 4 is 27.7 Å². The van der Waals surface area contributed by atoms with Gasteiger partial charge in [0, 0.05) is 23.2 Å². The Labute approximate surface area is 244 Å². The first-order valence-electron chi connectivity index (χ1n) is 13.5. The van der Waals surface area contributed by atoms with E-state index in [2.05, 4.69) is 59.8 Å². The van der Waals surface area contributed by atoms with E-state index in [0.717, 1.165) is 33.2 Å². The number of hydrogen-bond donors (Lipinski definition) is 0. The van der Waals surface area contributed by atoms with Crippen molar-refractivity contribution < 1.29 is 30.5 Å². The molecule has 3 aromatic carbocycles. The summed E-state index contributed by atoms with van der Waals surface area (Å²) < 4.78 is 14.4. The first-order chi connectivity index (χ1) is 18.7. The van der Waals surface area contributed by atoms with Crippen LogP contribution in [0.2, 0.25) is 0 Å². The number of fused-ring (bicyclic) bond motifs is 3. The average Bonchev–Trinajstić information content (AvgIpc) is 3.57. The largest absolute Gasteiger partial charge is 2.00 e. The van der Waals surface area contributed by atoms with E-state index in [1.807, 2.05) is 54.7 Å². The molecule has 2 aromatic heterocycles. The van der Waals surface area contributed by atoms with Crippen molar-refractivity contribution in [3.05, 3.63) is 96.7 Å². The quantitative estimate of drug-likeness (QED) is 0.147. The Bertz CT molecular complexity index is 1590. The van der Waals surface area contributed by atoms with Crippen molar-refractivity contribution in [1.29, 1.82) is 0 Å². The van der Waals surface area contributed by atoms with E-state index in [4.69, 9.17) is 14.5 Å². The van der Waals surface area contributed by atoms with Crippen molar-refractivity contribution in [1.82, 2.24) is 9.55 Å². The van der Waals surface area contributed by atoms with E-state index in [1.165, 1.54) is 25.7 Å². The van der Waals surface area contributed by atoms with Gasteiger partial charge in [-0.1, -0.05) is 68.1 Å². The summed E-state index contributed by atoms with van der Waals surface area (Å²) in [4.78, 5) is 9.55. The number of aromatic nitrogens is 2. The molecule has 0 saturated heterocycles. The standard InChI is InChI=1S/C33H31N3O2.Pt/c1-3-10-23(11-4-2)29-22-37-33(35-29)24-12-9-13-25(20-24)38-26-17-18-28-27-14-5-6-15-30(27)36(31(28)21-26)32-16-7-8-19-34-32;/h5-9,12-19,23,29H,3-4,10-11,22H2,1-2H3;/q-2;+2/t29-;/m1./s1. The van der Waals surface area contributed by atoms with Crippen LogP contribution in [0.5, 0.6) is 11.5 Å². The van der Waals surface area contributed by atoms with Gasteiger partial charge in [-0.25, -0.2) is 4.98 Å². The Balaban J connectivity index is 0.00000308. The molecule has 5 nitrogen and oxygen atoms in total. The number of rotatable bonds is 9. The first-order valence-corrected chi connectivity index (χ1v) is 13.5. The van der Waals surface area contributed by atoms with E-state index in [9.17, 15) is 0 Å². The van der Waals surface area contributed by atoms with Gasteiger partial charge in [-0.3, -0.25) is 4.99 Å². The molecule has 0 amide bonds. The van der Waals surface area contributed by atoms with E-state index in [1.54, 1.807) is 0 Å². The van der Waals surface area contributed by atoms with Gasteiger partial charge in [-0.2, -0.15) is 6.07 Å². The van der Waals surface area contributed by atoms with Crippen LogP contribution in [0, 0.1) is 18.1 Å². The number of pyridine rings is 1. The SMILES string of the molecule is CCCC(CCC)[C@H]1COC(c2[c-]c(Oc3[c-]c4c(cc3)c3ccccc3n4-c3ccccn3)ccc2)=N1.[Pt+2]. The van der Waals surface area contributed by atoms with Crippen LogP contribution in [-0.4, -0.2) is 28.1 Å². The van der Waals surface area contributed by atoms with Gasteiger partial charge >= 0.3 is 21.1 Å². The molecule has 5 aromatic rings. The molecule has 1 aliphatic heterocycles. The summed E-state index contributed by atoms with van der Waals surface area (Å²) >= 11 is 0. The normalized spacial score (nSPS) is 14.8. The molecule has 0 N–H and O–H groups in total. The fourth-order valence-electron chi connectivity index (χ4n) is 5.46. The molecule has 200 valence electrons. The molecule has 6 heteroatoms. The van der Waals surface area contributed by atoms with Crippen molar-refractivity contribution in [3.63, 3.8) is 0 Å². The number of hydrogen-bond acceptors (Lipinski definition) is 4. The topological polar surface area (TPSA) is 48.6 Å². The van der Waals surface area contributed by atoms with Crippen LogP contribution in [0.25, 0.3) is 27.6 Å². The average molecular weight is 697 g/mol. The molecule has 1 aliphatic rings. The number of nitrogens with zero attached hydrogens (tertiary/aromatic N) is 3. The van der Waals surface area contributed by atoms with Crippen LogP contribution < -0.4 is 4.74 Å². The summed E-state index contributed by atoms with van der Waals surface area (Å²) in [5.41, 5.74) is 2.82. The zero-order valence-electron chi connectivity index (χ0n) is 22.2. The van der Waals surface area contributed by atoms with Gasteiger partial charge in [0.15, 0.2) is 0 Å². The number of aliphatic imine (C=N–C) groups is 1. The molecule has 0 bridgehead atoms. The summed E-state index contributed by atoms with van der Waals surface area (Å²) in [6, 6.07) is 31.2. The van der Waals surface area contributed by atoms with Crippen LogP contribution >= 0.6 is 0 Å². The third-order valence-electron chi connectivity index (χ3n) is 7.19. The smallest absolute Gasteiger partial charge is 0.518 e. The summed E-state index contributed by atoms with van der Waals surface area (Å²) in [6.45, 7) is 5.12. The van der Waals surface area contributed by atoms with Crippen molar-refractivity contribution in [2.45, 2.75) is 45.6 Å². The minimum absolute atomic E-state index is 0. The summed E-state index contributed by atoms with van der Waals surface area (Å²) in [5, 5.41) is 2.25. The Morgan fingerprint density at radius 1 is 0.897 bits per heavy atom. The predicted molar refractivity (Wildman–Crippen MR) is 152 cm³/mol. The second kappa shape index (κ2) is 12.2. The molecular formula is C33H31N3O2Pt. The van der Waals surface area contributed by atoms with Gasteiger partial charge in [-0.15, -0.1) is 35.7 Å². The number of benzene rings is 3. The maximum Gasteiger partial charge on any atom is 2.00 e. The Morgan fingerprint density at radius 3 is 2.49 bits per heavy atom.